The predicted molar refractivity (Wildman–Crippen MR) is 67.1 cm³/mol. The summed E-state index contributed by atoms with van der Waals surface area (Å²) in [5, 5.41) is 3.07. The first-order chi connectivity index (χ1) is 7.13. The molecule has 2 heterocycles. The molecule has 2 aromatic heterocycles. The zero-order valence-corrected chi connectivity index (χ0v) is 11.9. The monoisotopic (exact) mass is 347 g/mol. The van der Waals surface area contributed by atoms with E-state index >= 15 is 0 Å². The molecule has 0 spiro atoms. The zero-order valence-electron chi connectivity index (χ0n) is 7.87. The summed E-state index contributed by atoms with van der Waals surface area (Å²) in [6, 6.07) is 1.82. The lowest BCUT2D eigenvalue weighted by molar-refractivity contribution is 0.929. The van der Waals surface area contributed by atoms with Crippen molar-refractivity contribution in [2.75, 3.05) is 0 Å². The summed E-state index contributed by atoms with van der Waals surface area (Å²) >= 11 is 8.30. The molecule has 0 atom stereocenters. The Hall–Kier alpha value is -0.330. The minimum atomic E-state index is 0.677. The van der Waals surface area contributed by atoms with Crippen molar-refractivity contribution in [1.82, 2.24) is 15.0 Å². The van der Waals surface area contributed by atoms with Gasteiger partial charge in [-0.05, 0) is 38.8 Å². The smallest absolute Gasteiger partial charge is 0.137 e. The number of aromatic nitrogens is 3. The maximum atomic E-state index is 4.37. The second kappa shape index (κ2) is 4.67. The number of hydrogen-bond donors (Lipinski definition) is 0. The van der Waals surface area contributed by atoms with Crippen LogP contribution in [0.4, 0.5) is 0 Å². The first kappa shape index (κ1) is 11.2. The molecule has 0 N–H and O–H groups in total. The predicted octanol–water partition coefficient (Wildman–Crippen LogP) is 3.36. The molecule has 0 saturated carbocycles. The van der Waals surface area contributed by atoms with E-state index in [2.05, 4.69) is 46.8 Å². The molecule has 15 heavy (non-hydrogen) atoms. The van der Waals surface area contributed by atoms with Crippen LogP contribution in [0.2, 0.25) is 0 Å². The molecule has 0 aromatic carbocycles. The Morgan fingerprint density at radius 2 is 1.87 bits per heavy atom. The maximum absolute atomic E-state index is 4.37. The van der Waals surface area contributed by atoms with Gasteiger partial charge >= 0.3 is 0 Å². The van der Waals surface area contributed by atoms with Gasteiger partial charge in [-0.2, -0.15) is 0 Å². The van der Waals surface area contributed by atoms with Gasteiger partial charge in [0.05, 0.1) is 6.42 Å². The van der Waals surface area contributed by atoms with Crippen molar-refractivity contribution >= 4 is 43.2 Å². The highest BCUT2D eigenvalue weighted by Crippen LogP contribution is 2.17. The van der Waals surface area contributed by atoms with Gasteiger partial charge in [-0.15, -0.1) is 11.3 Å². The Kier molecular flexibility index (Phi) is 3.48. The van der Waals surface area contributed by atoms with E-state index in [1.54, 1.807) is 11.3 Å². The van der Waals surface area contributed by atoms with Gasteiger partial charge in [-0.25, -0.2) is 15.0 Å². The molecule has 3 nitrogen and oxygen atoms in total. The largest absolute Gasteiger partial charge is 0.246 e. The van der Waals surface area contributed by atoms with Crippen molar-refractivity contribution in [2.45, 2.75) is 13.3 Å². The van der Waals surface area contributed by atoms with Crippen LogP contribution >= 0.6 is 43.2 Å². The summed E-state index contributed by atoms with van der Waals surface area (Å²) in [7, 11) is 0. The second-order valence-corrected chi connectivity index (χ2v) is 5.56. The number of rotatable bonds is 2. The molecule has 0 unspecified atom stereocenters. The molecule has 0 fully saturated rings. The van der Waals surface area contributed by atoms with Gasteiger partial charge in [0.2, 0.25) is 0 Å². The lowest BCUT2D eigenvalue weighted by Crippen LogP contribution is -1.97. The minimum absolute atomic E-state index is 0.677. The van der Waals surface area contributed by atoms with E-state index in [0.29, 0.717) is 6.42 Å². The normalized spacial score (nSPS) is 10.6. The number of hydrogen-bond acceptors (Lipinski definition) is 4. The lowest BCUT2D eigenvalue weighted by atomic mass is 10.4. The maximum Gasteiger partial charge on any atom is 0.137 e. The summed E-state index contributed by atoms with van der Waals surface area (Å²) in [5.74, 6) is 0.769. The molecule has 0 radical (unpaired) electrons. The molecule has 2 rings (SSSR count). The molecule has 2 aromatic rings. The first-order valence-electron chi connectivity index (χ1n) is 4.23. The van der Waals surface area contributed by atoms with E-state index in [1.807, 2.05) is 18.4 Å². The molecular weight excluding hydrogens is 342 g/mol. The molecule has 0 bridgehead atoms. The van der Waals surface area contributed by atoms with Crippen LogP contribution in [0, 0.1) is 6.92 Å². The van der Waals surface area contributed by atoms with Crippen molar-refractivity contribution in [1.29, 1.82) is 0 Å². The summed E-state index contributed by atoms with van der Waals surface area (Å²) < 4.78 is 1.57. The van der Waals surface area contributed by atoms with Crippen LogP contribution in [0.5, 0.6) is 0 Å². The summed E-state index contributed by atoms with van der Waals surface area (Å²) in [4.78, 5) is 12.9. The highest BCUT2D eigenvalue weighted by Gasteiger charge is 2.05. The van der Waals surface area contributed by atoms with Gasteiger partial charge in [-0.3, -0.25) is 0 Å². The molecule has 0 amide bonds. The Labute approximate surface area is 108 Å². The molecule has 0 aliphatic heterocycles. The Bertz CT molecular complexity index is 464. The van der Waals surface area contributed by atoms with Crippen LogP contribution in [0.1, 0.15) is 16.5 Å². The lowest BCUT2D eigenvalue weighted by Gasteiger charge is -1.98. The molecule has 6 heteroatoms. The Morgan fingerprint density at radius 3 is 2.40 bits per heavy atom. The van der Waals surface area contributed by atoms with Gasteiger partial charge in [0.25, 0.3) is 0 Å². The van der Waals surface area contributed by atoms with Gasteiger partial charge < -0.3 is 0 Å². The third kappa shape index (κ3) is 3.06. The van der Waals surface area contributed by atoms with E-state index in [4.69, 9.17) is 0 Å². The topological polar surface area (TPSA) is 38.7 Å². The summed E-state index contributed by atoms with van der Waals surface area (Å²) in [6.45, 7) is 1.98. The quantitative estimate of drug-likeness (QED) is 0.781. The van der Waals surface area contributed by atoms with Gasteiger partial charge in [0.15, 0.2) is 0 Å². The minimum Gasteiger partial charge on any atom is -0.246 e. The third-order valence-corrected chi connectivity index (χ3v) is 3.46. The fourth-order valence-corrected chi connectivity index (χ4v) is 3.05. The SMILES string of the molecule is Cc1csc(Cc2nc(Br)cc(Br)n2)n1. The van der Waals surface area contributed by atoms with Crippen molar-refractivity contribution in [3.05, 3.63) is 37.2 Å². The van der Waals surface area contributed by atoms with Crippen LogP contribution in [-0.2, 0) is 6.42 Å². The van der Waals surface area contributed by atoms with Crippen LogP contribution < -0.4 is 0 Å². The average Bonchev–Trinajstić information content (AvgIpc) is 2.49. The van der Waals surface area contributed by atoms with Crippen molar-refractivity contribution in [2.24, 2.45) is 0 Å². The number of halogens is 2. The number of thiazole rings is 1. The molecular formula is C9H7Br2N3S. The fourth-order valence-electron chi connectivity index (χ4n) is 1.13. The van der Waals surface area contributed by atoms with Crippen LogP contribution in [0.15, 0.2) is 20.7 Å². The zero-order chi connectivity index (χ0) is 10.8. The highest BCUT2D eigenvalue weighted by atomic mass is 79.9. The molecule has 0 saturated heterocycles. The third-order valence-electron chi connectivity index (χ3n) is 1.69. The van der Waals surface area contributed by atoms with E-state index in [0.717, 1.165) is 25.7 Å². The number of aryl methyl sites for hydroxylation is 1. The highest BCUT2D eigenvalue weighted by molar-refractivity contribution is 9.11. The van der Waals surface area contributed by atoms with E-state index < -0.39 is 0 Å². The van der Waals surface area contributed by atoms with Crippen LogP contribution in [-0.4, -0.2) is 15.0 Å². The van der Waals surface area contributed by atoms with Crippen LogP contribution in [0.3, 0.4) is 0 Å². The van der Waals surface area contributed by atoms with Gasteiger partial charge in [-0.1, -0.05) is 0 Å². The standard InChI is InChI=1S/C9H7Br2N3S/c1-5-4-15-9(12-5)3-8-13-6(10)2-7(11)14-8/h2,4H,3H2,1H3. The number of nitrogens with zero attached hydrogens (tertiary/aromatic N) is 3. The summed E-state index contributed by atoms with van der Waals surface area (Å²) in [5.41, 5.74) is 1.05. The summed E-state index contributed by atoms with van der Waals surface area (Å²) in [6.07, 6.45) is 0.677. The molecule has 0 aliphatic rings. The van der Waals surface area contributed by atoms with E-state index in [9.17, 15) is 0 Å². The Morgan fingerprint density at radius 1 is 1.20 bits per heavy atom. The van der Waals surface area contributed by atoms with E-state index in [1.165, 1.54) is 0 Å². The van der Waals surface area contributed by atoms with Crippen molar-refractivity contribution in [3.8, 4) is 0 Å². The van der Waals surface area contributed by atoms with Gasteiger partial charge in [0, 0.05) is 17.1 Å². The Balaban J connectivity index is 2.24. The van der Waals surface area contributed by atoms with Gasteiger partial charge in [0.1, 0.15) is 20.0 Å². The fraction of sp³-hybridized carbons (Fsp3) is 0.222. The average molecular weight is 349 g/mol. The molecule has 78 valence electrons. The van der Waals surface area contributed by atoms with Crippen LogP contribution in [0.25, 0.3) is 0 Å². The van der Waals surface area contributed by atoms with Crippen molar-refractivity contribution < 1.29 is 0 Å². The molecule has 0 aliphatic carbocycles. The van der Waals surface area contributed by atoms with E-state index in [-0.39, 0.29) is 0 Å². The second-order valence-electron chi connectivity index (χ2n) is 2.99. The van der Waals surface area contributed by atoms with Crippen molar-refractivity contribution in [3.63, 3.8) is 0 Å². The first-order valence-corrected chi connectivity index (χ1v) is 6.70.